The average Bonchev–Trinajstić information content (AvgIpc) is 3.76. The first-order valence-corrected chi connectivity index (χ1v) is 22.8. The third kappa shape index (κ3) is 7.39. The van der Waals surface area contributed by atoms with Gasteiger partial charge >= 0.3 is 0 Å². The molecule has 4 aromatic carbocycles. The number of β-amino-alcohol motifs (C(OH)–C–C–N with tert-alkyl or cyclic N) is 1. The van der Waals surface area contributed by atoms with Crippen LogP contribution in [0.2, 0.25) is 0 Å². The lowest BCUT2D eigenvalue weighted by Gasteiger charge is -2.44. The lowest BCUT2D eigenvalue weighted by molar-refractivity contribution is -0.0173. The van der Waals surface area contributed by atoms with Gasteiger partial charge in [0.1, 0.15) is 34.3 Å². The molecule has 9 nitrogen and oxygen atoms in total. The van der Waals surface area contributed by atoms with Crippen LogP contribution in [0.15, 0.2) is 89.9 Å². The molecule has 5 heterocycles. The van der Waals surface area contributed by atoms with Crippen LogP contribution >= 0.6 is 11.3 Å². The van der Waals surface area contributed by atoms with Crippen LogP contribution < -0.4 is 9.80 Å². The second-order valence-corrected chi connectivity index (χ2v) is 19.0. The Morgan fingerprint density at radius 2 is 1.47 bits per heavy atom. The highest BCUT2D eigenvalue weighted by atomic mass is 32.1. The minimum atomic E-state index is -0.735. The smallest absolute Gasteiger partial charge is 0.162 e. The lowest BCUT2D eigenvalue weighted by atomic mass is 9.69. The Morgan fingerprint density at radius 1 is 0.790 bits per heavy atom. The van der Waals surface area contributed by atoms with Gasteiger partial charge in [-0.05, 0) is 130 Å². The summed E-state index contributed by atoms with van der Waals surface area (Å²) >= 11 is 1.77. The average molecular weight is 854 g/mol. The van der Waals surface area contributed by atoms with Crippen LogP contribution in [0.3, 0.4) is 0 Å². The van der Waals surface area contributed by atoms with Gasteiger partial charge in [-0.2, -0.15) is 0 Å². The number of hydrogen-bond acceptors (Lipinski definition) is 9. The number of aliphatic imine (C=N–C) groups is 1. The number of aromatic nitrogens is 3. The maximum atomic E-state index is 15.2. The lowest BCUT2D eigenvalue weighted by Crippen LogP contribution is -2.55. The highest BCUT2D eigenvalue weighted by Crippen LogP contribution is 2.48. The number of rotatable bonds is 7. The van der Waals surface area contributed by atoms with Crippen molar-refractivity contribution in [1.82, 2.24) is 19.7 Å². The van der Waals surface area contributed by atoms with Crippen LogP contribution in [-0.4, -0.2) is 87.0 Å². The van der Waals surface area contributed by atoms with Gasteiger partial charge in [0.05, 0.1) is 11.3 Å². The van der Waals surface area contributed by atoms with Crippen molar-refractivity contribution in [2.24, 2.45) is 4.99 Å². The van der Waals surface area contributed by atoms with Crippen molar-refractivity contribution in [1.29, 1.82) is 0 Å². The number of phenols is 1. The number of nitrogens with zero attached hydrogens (tertiary/aromatic N) is 7. The topological polar surface area (TPSA) is 93.2 Å². The third-order valence-corrected chi connectivity index (χ3v) is 15.2. The molecule has 2 saturated heterocycles. The van der Waals surface area contributed by atoms with Gasteiger partial charge in [0.25, 0.3) is 0 Å². The molecule has 4 aliphatic rings. The highest BCUT2D eigenvalue weighted by molar-refractivity contribution is 7.15. The minimum absolute atomic E-state index is 0.124. The van der Waals surface area contributed by atoms with Crippen LogP contribution in [0.25, 0.3) is 5.00 Å². The standard InChI is InChI=1S/C50H53F2N7O2S/c1-30-32(3)62-49-45(30)47(53-31(2)48-55-54-33(4)59(48)49)35-7-13-38(14-8-35)57-21-19-50(61,20-22-57)29-56-23-25-58(26-24-56)39-11-5-34(6-12-39)46-41-18-15-40(60)27-36(41)9-16-43(46)42-17-10-37(51)28-44(42)52/h5-8,10-15,17-18,27-28,31,43,46,60-61H,9,16,19-26,29H2,1-4H3/t31-,43+,46+/m0/s1. The molecule has 0 spiro atoms. The number of halogens is 2. The first-order chi connectivity index (χ1) is 29.9. The molecule has 10 rings (SSSR count). The van der Waals surface area contributed by atoms with Crippen molar-refractivity contribution in [3.05, 3.63) is 152 Å². The fourth-order valence-corrected chi connectivity index (χ4v) is 11.7. The summed E-state index contributed by atoms with van der Waals surface area (Å²) in [7, 11) is 0. The number of piperidine rings is 1. The number of thiophene rings is 1. The number of hydrogen-bond donors (Lipinski definition) is 2. The molecule has 3 aliphatic heterocycles. The van der Waals surface area contributed by atoms with Gasteiger partial charge in [-0.15, -0.1) is 21.5 Å². The molecule has 320 valence electrons. The van der Waals surface area contributed by atoms with E-state index in [1.807, 2.05) is 19.1 Å². The van der Waals surface area contributed by atoms with Crippen molar-refractivity contribution in [2.75, 3.05) is 55.6 Å². The SMILES string of the molecule is Cc1sc2c(c1C)C(c1ccc(N3CCC(O)(CN4CCN(c5ccc([C@@H]6c7ccc(O)cc7CC[C@@H]6c6ccc(F)cc6F)cc5)CC4)CC3)cc1)=N[C@@H](C)c1nnc(C)n1-2. The van der Waals surface area contributed by atoms with E-state index in [1.54, 1.807) is 23.5 Å². The summed E-state index contributed by atoms with van der Waals surface area (Å²) in [6, 6.07) is 26.7. The van der Waals surface area contributed by atoms with Crippen LogP contribution in [-0.2, 0) is 6.42 Å². The molecular weight excluding hydrogens is 801 g/mol. The molecule has 1 aliphatic carbocycles. The molecule has 0 radical (unpaired) electrons. The Balaban J connectivity index is 0.765. The van der Waals surface area contributed by atoms with E-state index in [0.29, 0.717) is 37.8 Å². The number of benzene rings is 4. The van der Waals surface area contributed by atoms with E-state index in [0.717, 1.165) is 107 Å². The molecule has 2 fully saturated rings. The second-order valence-electron chi connectivity index (χ2n) is 17.8. The summed E-state index contributed by atoms with van der Waals surface area (Å²) in [6.45, 7) is 14.1. The van der Waals surface area contributed by atoms with Crippen LogP contribution in [0.4, 0.5) is 20.2 Å². The fourth-order valence-electron chi connectivity index (χ4n) is 10.5. The maximum absolute atomic E-state index is 15.2. The van der Waals surface area contributed by atoms with Crippen molar-refractivity contribution in [3.63, 3.8) is 0 Å². The Morgan fingerprint density at radius 3 is 2.18 bits per heavy atom. The summed E-state index contributed by atoms with van der Waals surface area (Å²) in [5.41, 5.74) is 9.80. The van der Waals surface area contributed by atoms with Gasteiger partial charge in [0.15, 0.2) is 5.82 Å². The molecule has 0 bridgehead atoms. The molecule has 2 N–H and O–H groups in total. The Labute approximate surface area is 366 Å². The molecule has 0 unspecified atom stereocenters. The van der Waals surface area contributed by atoms with E-state index in [9.17, 15) is 14.6 Å². The largest absolute Gasteiger partial charge is 0.508 e. The number of anilines is 2. The Kier molecular flexibility index (Phi) is 10.5. The summed E-state index contributed by atoms with van der Waals surface area (Å²) in [5, 5.41) is 32.1. The molecule has 3 atom stereocenters. The Hall–Kier alpha value is -5.43. The van der Waals surface area contributed by atoms with E-state index in [1.165, 1.54) is 16.5 Å². The first-order valence-electron chi connectivity index (χ1n) is 22.0. The molecule has 62 heavy (non-hydrogen) atoms. The fraction of sp³-hybridized carbons (Fsp3) is 0.380. The zero-order valence-electron chi connectivity index (χ0n) is 35.8. The predicted molar refractivity (Wildman–Crippen MR) is 243 cm³/mol. The number of aliphatic hydroxyl groups is 1. The van der Waals surface area contributed by atoms with Crippen molar-refractivity contribution < 1.29 is 19.0 Å². The number of fused-ring (bicyclic) bond motifs is 4. The molecule has 2 aromatic heterocycles. The minimum Gasteiger partial charge on any atom is -0.508 e. The monoisotopic (exact) mass is 853 g/mol. The molecule has 12 heteroatoms. The van der Waals surface area contributed by atoms with E-state index in [4.69, 9.17) is 4.99 Å². The second kappa shape index (κ2) is 16.0. The zero-order chi connectivity index (χ0) is 42.9. The molecular formula is C50H53F2N7O2S. The quantitative estimate of drug-likeness (QED) is 0.166. The van der Waals surface area contributed by atoms with E-state index in [2.05, 4.69) is 98.8 Å². The number of phenolic OH excluding ortho intramolecular Hbond substituents is 1. The Bertz CT molecular complexity index is 2660. The van der Waals surface area contributed by atoms with Crippen LogP contribution in [0, 0.1) is 32.4 Å². The normalized spacial score (nSPS) is 21.2. The maximum Gasteiger partial charge on any atom is 0.162 e. The van der Waals surface area contributed by atoms with E-state index < -0.39 is 17.2 Å². The highest BCUT2D eigenvalue weighted by Gasteiger charge is 2.37. The summed E-state index contributed by atoms with van der Waals surface area (Å²) in [4.78, 5) is 13.7. The van der Waals surface area contributed by atoms with Crippen LogP contribution in [0.1, 0.15) is 99.5 Å². The molecule has 0 saturated carbocycles. The van der Waals surface area contributed by atoms with Crippen molar-refractivity contribution in [2.45, 2.75) is 76.9 Å². The number of aromatic hydroxyl groups is 1. The molecule has 0 amide bonds. The van der Waals surface area contributed by atoms with Crippen LogP contribution in [0.5, 0.6) is 5.75 Å². The van der Waals surface area contributed by atoms with Gasteiger partial charge < -0.3 is 20.0 Å². The number of piperazine rings is 1. The van der Waals surface area contributed by atoms with E-state index in [-0.39, 0.29) is 23.6 Å². The summed E-state index contributed by atoms with van der Waals surface area (Å²) in [6.07, 6.45) is 2.84. The van der Waals surface area contributed by atoms with Gasteiger partial charge in [-0.25, -0.2) is 8.78 Å². The summed E-state index contributed by atoms with van der Waals surface area (Å²) < 4.78 is 31.3. The van der Waals surface area contributed by atoms with Crippen molar-refractivity contribution in [3.8, 4) is 10.8 Å². The van der Waals surface area contributed by atoms with Crippen molar-refractivity contribution >= 4 is 28.4 Å². The zero-order valence-corrected chi connectivity index (χ0v) is 36.6. The van der Waals surface area contributed by atoms with Gasteiger partial charge in [-0.1, -0.05) is 36.4 Å². The first kappa shape index (κ1) is 40.6. The van der Waals surface area contributed by atoms with E-state index >= 15 is 4.39 Å². The summed E-state index contributed by atoms with van der Waals surface area (Å²) in [5.74, 6) is 0.603. The predicted octanol–water partition coefficient (Wildman–Crippen LogP) is 9.17. The van der Waals surface area contributed by atoms with Gasteiger partial charge in [0, 0.05) is 85.2 Å². The number of aryl methyl sites for hydroxylation is 3. The molecule has 6 aromatic rings. The van der Waals surface area contributed by atoms with Gasteiger partial charge in [0.2, 0.25) is 0 Å². The van der Waals surface area contributed by atoms with Gasteiger partial charge in [-0.3, -0.25) is 14.5 Å². The third-order valence-electron chi connectivity index (χ3n) is 14.0.